The fourth-order valence-corrected chi connectivity index (χ4v) is 1.18. The summed E-state index contributed by atoms with van der Waals surface area (Å²) < 4.78 is 17.8. The van der Waals surface area contributed by atoms with E-state index in [4.69, 9.17) is 14.2 Å². The summed E-state index contributed by atoms with van der Waals surface area (Å²) in [6, 6.07) is 8.35. The van der Waals surface area contributed by atoms with Crippen LogP contribution < -0.4 is 5.14 Å². The molecular formula is C8H15NO2S. The summed E-state index contributed by atoms with van der Waals surface area (Å²) >= 11 is 0. The first kappa shape index (κ1) is 11.4. The van der Waals surface area contributed by atoms with E-state index in [1.54, 1.807) is 30.3 Å². The number of hydrogen-bond donors (Lipinski definition) is 3. The van der Waals surface area contributed by atoms with Crippen molar-refractivity contribution in [3.8, 4) is 0 Å². The first-order chi connectivity index (χ1) is 5.61. The molecule has 0 amide bonds. The van der Waals surface area contributed by atoms with Crippen molar-refractivity contribution in [2.45, 2.75) is 18.7 Å². The maximum atomic E-state index is 8.91. The van der Waals surface area contributed by atoms with E-state index < -0.39 is 10.8 Å². The predicted molar refractivity (Wildman–Crippen MR) is 53.1 cm³/mol. The molecule has 0 atom stereocenters. The fourth-order valence-electron chi connectivity index (χ4n) is 0.621. The summed E-state index contributed by atoms with van der Waals surface area (Å²) in [7, 11) is -3.00. The minimum Gasteiger partial charge on any atom is -0.282 e. The van der Waals surface area contributed by atoms with E-state index >= 15 is 0 Å². The van der Waals surface area contributed by atoms with Crippen molar-refractivity contribution < 1.29 is 9.11 Å². The van der Waals surface area contributed by atoms with Gasteiger partial charge in [0.05, 0.1) is 4.90 Å². The van der Waals surface area contributed by atoms with Gasteiger partial charge in [-0.25, -0.2) is 5.14 Å². The van der Waals surface area contributed by atoms with Crippen LogP contribution in [0.15, 0.2) is 35.2 Å². The maximum Gasteiger partial charge on any atom is 0.0747 e. The van der Waals surface area contributed by atoms with E-state index in [1.807, 2.05) is 13.8 Å². The lowest BCUT2D eigenvalue weighted by Crippen LogP contribution is -2.07. The normalized spacial score (nSPS) is 11.4. The Kier molecular flexibility index (Phi) is 4.92. The molecular weight excluding hydrogens is 174 g/mol. The number of rotatable bonds is 1. The van der Waals surface area contributed by atoms with Crippen LogP contribution in [0, 0.1) is 0 Å². The summed E-state index contributed by atoms with van der Waals surface area (Å²) in [6.45, 7) is 4.00. The molecule has 0 radical (unpaired) electrons. The average Bonchev–Trinajstić information content (AvgIpc) is 2.08. The third-order valence-corrected chi connectivity index (χ3v) is 2.06. The SMILES string of the molecule is CC.NS(O)(O)c1ccccc1. The number of nitrogens with two attached hydrogens (primary N) is 1. The van der Waals surface area contributed by atoms with Crippen LogP contribution in [0.4, 0.5) is 0 Å². The molecule has 1 rings (SSSR count). The molecule has 70 valence electrons. The standard InChI is InChI=1S/C6H9NO2S.C2H6/c7-10(8,9)6-4-2-1-3-5-6;1-2/h1-5,8-9H,7H2;1-2H3. The van der Waals surface area contributed by atoms with Gasteiger partial charge in [0.1, 0.15) is 0 Å². The van der Waals surface area contributed by atoms with E-state index in [0.717, 1.165) is 0 Å². The summed E-state index contributed by atoms with van der Waals surface area (Å²) in [4.78, 5) is 0.370. The van der Waals surface area contributed by atoms with Crippen molar-refractivity contribution in [3.63, 3.8) is 0 Å². The monoisotopic (exact) mass is 189 g/mol. The van der Waals surface area contributed by atoms with Gasteiger partial charge in [0.25, 0.3) is 0 Å². The minimum atomic E-state index is -3.00. The van der Waals surface area contributed by atoms with Gasteiger partial charge in [-0.1, -0.05) is 32.0 Å². The zero-order chi connectivity index (χ0) is 9.61. The van der Waals surface area contributed by atoms with Crippen LogP contribution in [0.5, 0.6) is 0 Å². The quantitative estimate of drug-likeness (QED) is 0.636. The Morgan fingerprint density at radius 1 is 1.08 bits per heavy atom. The smallest absolute Gasteiger partial charge is 0.0747 e. The van der Waals surface area contributed by atoms with Crippen LogP contribution in [-0.4, -0.2) is 9.11 Å². The summed E-state index contributed by atoms with van der Waals surface area (Å²) in [5, 5.41) is 5.05. The van der Waals surface area contributed by atoms with E-state index in [2.05, 4.69) is 0 Å². The largest absolute Gasteiger partial charge is 0.282 e. The average molecular weight is 189 g/mol. The molecule has 1 aromatic carbocycles. The van der Waals surface area contributed by atoms with Gasteiger partial charge in [0.2, 0.25) is 0 Å². The Labute approximate surface area is 74.7 Å². The Morgan fingerprint density at radius 2 is 1.50 bits per heavy atom. The molecule has 0 aliphatic rings. The lowest BCUT2D eigenvalue weighted by atomic mass is 10.4. The van der Waals surface area contributed by atoms with Gasteiger partial charge in [0.15, 0.2) is 0 Å². The Balaban J connectivity index is 0.000000561. The van der Waals surface area contributed by atoms with Gasteiger partial charge in [-0.2, -0.15) is 0 Å². The van der Waals surface area contributed by atoms with Crippen molar-refractivity contribution in [2.75, 3.05) is 0 Å². The van der Waals surface area contributed by atoms with Crippen LogP contribution in [0.25, 0.3) is 0 Å². The summed E-state index contributed by atoms with van der Waals surface area (Å²) in [6.07, 6.45) is 0. The predicted octanol–water partition coefficient (Wildman–Crippen LogP) is 2.70. The zero-order valence-electron chi connectivity index (χ0n) is 7.27. The molecule has 0 spiro atoms. The molecule has 0 unspecified atom stereocenters. The zero-order valence-corrected chi connectivity index (χ0v) is 8.08. The van der Waals surface area contributed by atoms with Gasteiger partial charge in [-0.3, -0.25) is 9.11 Å². The van der Waals surface area contributed by atoms with Gasteiger partial charge < -0.3 is 0 Å². The van der Waals surface area contributed by atoms with Crippen LogP contribution in [0.1, 0.15) is 13.8 Å². The van der Waals surface area contributed by atoms with E-state index in [0.29, 0.717) is 4.90 Å². The Morgan fingerprint density at radius 3 is 1.75 bits per heavy atom. The van der Waals surface area contributed by atoms with Gasteiger partial charge >= 0.3 is 0 Å². The van der Waals surface area contributed by atoms with Crippen molar-refractivity contribution in [1.29, 1.82) is 0 Å². The summed E-state index contributed by atoms with van der Waals surface area (Å²) in [5.41, 5.74) is 0. The fraction of sp³-hybridized carbons (Fsp3) is 0.250. The molecule has 0 fully saturated rings. The van der Waals surface area contributed by atoms with Crippen molar-refractivity contribution >= 4 is 10.8 Å². The molecule has 4 N–H and O–H groups in total. The van der Waals surface area contributed by atoms with Crippen molar-refractivity contribution in [3.05, 3.63) is 30.3 Å². The minimum absolute atomic E-state index is 0.370. The topological polar surface area (TPSA) is 66.5 Å². The lowest BCUT2D eigenvalue weighted by Gasteiger charge is -2.25. The van der Waals surface area contributed by atoms with Gasteiger partial charge in [-0.15, -0.1) is 10.8 Å². The van der Waals surface area contributed by atoms with Crippen molar-refractivity contribution in [1.82, 2.24) is 0 Å². The third kappa shape index (κ3) is 3.73. The maximum absolute atomic E-state index is 8.91. The molecule has 0 saturated carbocycles. The first-order valence-electron chi connectivity index (χ1n) is 3.72. The van der Waals surface area contributed by atoms with Crippen LogP contribution in [-0.2, 0) is 0 Å². The van der Waals surface area contributed by atoms with E-state index in [9.17, 15) is 0 Å². The molecule has 1 aromatic rings. The molecule has 0 aromatic heterocycles. The lowest BCUT2D eigenvalue weighted by molar-refractivity contribution is 0.489. The number of benzene rings is 1. The highest BCUT2D eigenvalue weighted by Gasteiger charge is 2.05. The second-order valence-electron chi connectivity index (χ2n) is 1.91. The molecule has 12 heavy (non-hydrogen) atoms. The Bertz CT molecular complexity index is 208. The number of hydrogen-bond acceptors (Lipinski definition) is 3. The van der Waals surface area contributed by atoms with Crippen molar-refractivity contribution in [2.24, 2.45) is 5.14 Å². The first-order valence-corrected chi connectivity index (χ1v) is 5.33. The summed E-state index contributed by atoms with van der Waals surface area (Å²) in [5.74, 6) is 0. The molecule has 0 bridgehead atoms. The highest BCUT2D eigenvalue weighted by Crippen LogP contribution is 2.38. The molecule has 3 nitrogen and oxygen atoms in total. The highest BCUT2D eigenvalue weighted by atomic mass is 32.3. The molecule has 0 saturated heterocycles. The molecule has 0 heterocycles. The highest BCUT2D eigenvalue weighted by molar-refractivity contribution is 8.22. The van der Waals surface area contributed by atoms with Crippen LogP contribution >= 0.6 is 10.8 Å². The molecule has 0 aliphatic carbocycles. The van der Waals surface area contributed by atoms with E-state index in [1.165, 1.54) is 0 Å². The van der Waals surface area contributed by atoms with Gasteiger partial charge in [0, 0.05) is 0 Å². The second kappa shape index (κ2) is 5.16. The molecule has 4 heteroatoms. The third-order valence-electron chi connectivity index (χ3n) is 1.09. The van der Waals surface area contributed by atoms with Gasteiger partial charge in [-0.05, 0) is 12.1 Å². The Hall–Kier alpha value is -0.550. The van der Waals surface area contributed by atoms with Crippen LogP contribution in [0.3, 0.4) is 0 Å². The molecule has 0 aliphatic heterocycles. The van der Waals surface area contributed by atoms with E-state index in [-0.39, 0.29) is 0 Å². The van der Waals surface area contributed by atoms with Crippen LogP contribution in [0.2, 0.25) is 0 Å². The second-order valence-corrected chi connectivity index (χ2v) is 3.56.